The first-order valence-corrected chi connectivity index (χ1v) is 23.4. The Labute approximate surface area is 336 Å². The molecule has 3 atom stereocenters. The van der Waals surface area contributed by atoms with Crippen molar-refractivity contribution in [2.45, 2.75) is 127 Å². The molecule has 0 bridgehead atoms. The normalized spacial score (nSPS) is 15.0. The Morgan fingerprint density at radius 3 is 2.09 bits per heavy atom. The summed E-state index contributed by atoms with van der Waals surface area (Å²) in [5.41, 5.74) is -7.23. The zero-order valence-corrected chi connectivity index (χ0v) is 36.9. The van der Waals surface area contributed by atoms with Crippen LogP contribution in [-0.4, -0.2) is 56.4 Å². The SMILES string of the molecule is CCOP(=O)(OCC)C(F)(F)C(O)C(CCC(O[Si](C)C)c1ccc(Sc2cccc(OCc3ccccc3)c2)cc1Cl)(NC(=O)OC(C)(C)C)C(C)(C)C. The van der Waals surface area contributed by atoms with Gasteiger partial charge in [0.25, 0.3) is 0 Å². The molecule has 3 rings (SSSR count). The summed E-state index contributed by atoms with van der Waals surface area (Å²) < 4.78 is 74.7. The number of alkyl halides is 2. The lowest BCUT2D eigenvalue weighted by Gasteiger charge is -2.51. The zero-order chi connectivity index (χ0) is 41.2. The standard InChI is InChI=1S/C40H56ClF2NO8PSSi/c1-11-49-53(47,50-12-2)40(42,43)35(45)39(37(3,4)5,44-36(46)51-38(6,7)8)24-23-34(52-55(9)10)32-22-21-31(26-33(32)41)54-30-20-16-19-29(25-30)48-27-28-17-14-13-15-18-28/h13-22,25-26,34-35,45H,11-12,23-24,27H2,1-10H3,(H,44,46). The van der Waals surface area contributed by atoms with Crippen molar-refractivity contribution in [3.63, 3.8) is 0 Å². The summed E-state index contributed by atoms with van der Waals surface area (Å²) in [6, 6.07) is 23.2. The summed E-state index contributed by atoms with van der Waals surface area (Å²) in [5.74, 6) is 0.722. The third kappa shape index (κ3) is 12.8. The van der Waals surface area contributed by atoms with Crippen LogP contribution < -0.4 is 10.1 Å². The summed E-state index contributed by atoms with van der Waals surface area (Å²) in [7, 11) is -6.66. The lowest BCUT2D eigenvalue weighted by atomic mass is 9.67. The molecular formula is C40H56ClF2NO8PSSi. The van der Waals surface area contributed by atoms with Gasteiger partial charge in [-0.05, 0) is 107 Å². The third-order valence-corrected chi connectivity index (χ3v) is 12.8. The monoisotopic (exact) mass is 842 g/mol. The Balaban J connectivity index is 1.99. The number of rotatable bonds is 19. The zero-order valence-electron chi connectivity index (χ0n) is 33.4. The van der Waals surface area contributed by atoms with Gasteiger partial charge in [-0.1, -0.05) is 86.6 Å². The summed E-state index contributed by atoms with van der Waals surface area (Å²) in [6.45, 7) is 16.0. The largest absolute Gasteiger partial charge is 0.489 e. The molecule has 1 amide bonds. The van der Waals surface area contributed by atoms with Gasteiger partial charge in [-0.15, -0.1) is 0 Å². The molecule has 9 nitrogen and oxygen atoms in total. The van der Waals surface area contributed by atoms with Crippen LogP contribution >= 0.6 is 31.0 Å². The van der Waals surface area contributed by atoms with Crippen molar-refractivity contribution >= 4 is 46.1 Å². The number of alkyl carbamates (subject to hydrolysis) is 1. The van der Waals surface area contributed by atoms with Crippen molar-refractivity contribution in [1.29, 1.82) is 0 Å². The fourth-order valence-electron chi connectivity index (χ4n) is 5.98. The molecule has 3 aromatic rings. The van der Waals surface area contributed by atoms with E-state index in [1.807, 2.05) is 85.9 Å². The van der Waals surface area contributed by atoms with Crippen LogP contribution in [0.15, 0.2) is 82.6 Å². The molecule has 3 unspecified atom stereocenters. The number of benzene rings is 3. The van der Waals surface area contributed by atoms with Gasteiger partial charge in [0.1, 0.15) is 18.0 Å². The summed E-state index contributed by atoms with van der Waals surface area (Å²) in [5, 5.41) is 14.8. The minimum Gasteiger partial charge on any atom is -0.489 e. The van der Waals surface area contributed by atoms with Gasteiger partial charge in [0.05, 0.1) is 24.9 Å². The van der Waals surface area contributed by atoms with E-state index in [9.17, 15) is 14.5 Å². The number of aliphatic hydroxyl groups is 1. The van der Waals surface area contributed by atoms with Crippen LogP contribution in [0.1, 0.15) is 85.5 Å². The van der Waals surface area contributed by atoms with E-state index < -0.39 is 57.2 Å². The maximum absolute atomic E-state index is 16.5. The van der Waals surface area contributed by atoms with Crippen molar-refractivity contribution in [2.24, 2.45) is 5.41 Å². The Hall–Kier alpha value is -2.48. The van der Waals surface area contributed by atoms with Gasteiger partial charge in [0, 0.05) is 14.8 Å². The molecule has 3 aromatic carbocycles. The summed E-state index contributed by atoms with van der Waals surface area (Å²) >= 11 is 8.44. The molecule has 0 aliphatic heterocycles. The molecule has 0 fully saturated rings. The highest BCUT2D eigenvalue weighted by molar-refractivity contribution is 7.99. The topological polar surface area (TPSA) is 113 Å². The highest BCUT2D eigenvalue weighted by Gasteiger charge is 2.67. The van der Waals surface area contributed by atoms with Crippen LogP contribution in [0.3, 0.4) is 0 Å². The number of halogens is 3. The van der Waals surface area contributed by atoms with Crippen molar-refractivity contribution in [1.82, 2.24) is 5.32 Å². The number of ether oxygens (including phenoxy) is 2. The molecule has 305 valence electrons. The van der Waals surface area contributed by atoms with Gasteiger partial charge in [0.2, 0.25) is 9.04 Å². The highest BCUT2D eigenvalue weighted by atomic mass is 35.5. The maximum atomic E-state index is 16.5. The van der Waals surface area contributed by atoms with Gasteiger partial charge < -0.3 is 33.4 Å². The van der Waals surface area contributed by atoms with Crippen LogP contribution in [0.25, 0.3) is 0 Å². The van der Waals surface area contributed by atoms with E-state index in [1.165, 1.54) is 25.6 Å². The lowest BCUT2D eigenvalue weighted by molar-refractivity contribution is -0.137. The fraction of sp³-hybridized carbons (Fsp3) is 0.525. The summed E-state index contributed by atoms with van der Waals surface area (Å²) in [6.07, 6.45) is -4.77. The molecular weight excluding hydrogens is 787 g/mol. The van der Waals surface area contributed by atoms with Crippen molar-refractivity contribution < 1.29 is 46.2 Å². The van der Waals surface area contributed by atoms with Gasteiger partial charge in [-0.3, -0.25) is 4.57 Å². The number of aliphatic hydroxyl groups excluding tert-OH is 1. The predicted octanol–water partition coefficient (Wildman–Crippen LogP) is 11.7. The van der Waals surface area contributed by atoms with E-state index in [0.717, 1.165) is 21.1 Å². The fourth-order valence-corrected chi connectivity index (χ4v) is 9.69. The molecule has 0 saturated heterocycles. The van der Waals surface area contributed by atoms with E-state index in [0.29, 0.717) is 17.2 Å². The molecule has 55 heavy (non-hydrogen) atoms. The minimum atomic E-state index is -5.25. The van der Waals surface area contributed by atoms with E-state index in [2.05, 4.69) is 5.32 Å². The molecule has 0 aliphatic carbocycles. The number of amides is 1. The smallest absolute Gasteiger partial charge is 0.408 e. The van der Waals surface area contributed by atoms with Crippen LogP contribution in [0.2, 0.25) is 18.1 Å². The molecule has 2 N–H and O–H groups in total. The molecule has 15 heteroatoms. The Kier molecular flexibility index (Phi) is 16.9. The van der Waals surface area contributed by atoms with Gasteiger partial charge in [-0.2, -0.15) is 8.78 Å². The van der Waals surface area contributed by atoms with Crippen molar-refractivity contribution in [2.75, 3.05) is 13.2 Å². The molecule has 1 radical (unpaired) electrons. The maximum Gasteiger partial charge on any atom is 0.408 e. The molecule has 0 heterocycles. The molecule has 0 spiro atoms. The van der Waals surface area contributed by atoms with Crippen LogP contribution in [-0.2, 0) is 29.4 Å². The van der Waals surface area contributed by atoms with Crippen LogP contribution in [0, 0.1) is 5.41 Å². The van der Waals surface area contributed by atoms with Gasteiger partial charge in [0.15, 0.2) is 6.10 Å². The number of hydrogen-bond acceptors (Lipinski definition) is 9. The number of nitrogens with one attached hydrogen (secondary N) is 1. The molecule has 0 aliphatic rings. The molecule has 0 saturated carbocycles. The Morgan fingerprint density at radius 2 is 1.55 bits per heavy atom. The third-order valence-electron chi connectivity index (χ3n) is 8.61. The van der Waals surface area contributed by atoms with E-state index >= 15 is 8.78 Å². The first-order valence-electron chi connectivity index (χ1n) is 18.2. The Bertz CT molecular complexity index is 1730. The second-order valence-corrected chi connectivity index (χ2v) is 21.0. The Morgan fingerprint density at radius 1 is 0.927 bits per heavy atom. The predicted molar refractivity (Wildman–Crippen MR) is 217 cm³/mol. The summed E-state index contributed by atoms with van der Waals surface area (Å²) in [4.78, 5) is 15.2. The second-order valence-electron chi connectivity index (χ2n) is 15.3. The molecule has 0 aromatic heterocycles. The van der Waals surface area contributed by atoms with E-state index in [1.54, 1.807) is 41.5 Å². The van der Waals surface area contributed by atoms with Crippen molar-refractivity contribution in [3.05, 3.63) is 88.9 Å². The second kappa shape index (κ2) is 19.8. The average Bonchev–Trinajstić information content (AvgIpc) is 3.07. The van der Waals surface area contributed by atoms with Gasteiger partial charge >= 0.3 is 19.4 Å². The van der Waals surface area contributed by atoms with E-state index in [4.69, 9.17) is 34.5 Å². The number of hydrogen-bond donors (Lipinski definition) is 2. The number of carbonyl (C=O) groups is 1. The minimum absolute atomic E-state index is 0.0244. The van der Waals surface area contributed by atoms with Crippen LogP contribution in [0.5, 0.6) is 5.75 Å². The first kappa shape index (κ1) is 46.9. The van der Waals surface area contributed by atoms with E-state index in [-0.39, 0.29) is 26.1 Å². The highest BCUT2D eigenvalue weighted by Crippen LogP contribution is 2.65. The van der Waals surface area contributed by atoms with Gasteiger partial charge in [-0.25, -0.2) is 4.79 Å². The quantitative estimate of drug-likeness (QED) is 0.0899. The average molecular weight is 843 g/mol. The lowest BCUT2D eigenvalue weighted by Crippen LogP contribution is -2.69. The van der Waals surface area contributed by atoms with Crippen LogP contribution in [0.4, 0.5) is 13.6 Å². The number of carbonyl (C=O) groups excluding carboxylic acids is 1. The first-order chi connectivity index (χ1) is 25.6. The van der Waals surface area contributed by atoms with Crippen molar-refractivity contribution in [3.8, 4) is 5.75 Å².